The summed E-state index contributed by atoms with van der Waals surface area (Å²) in [6.45, 7) is -0.123. The normalized spacial score (nSPS) is 11.6. The third kappa shape index (κ3) is 4.13. The Morgan fingerprint density at radius 1 is 0.909 bits per heavy atom. The molecule has 0 bridgehead atoms. The maximum atomic E-state index is 13.6. The van der Waals surface area contributed by atoms with Crippen molar-refractivity contribution in [2.24, 2.45) is 0 Å². The molecule has 4 aromatic rings. The van der Waals surface area contributed by atoms with Crippen LogP contribution in [0.3, 0.4) is 0 Å². The van der Waals surface area contributed by atoms with E-state index in [2.05, 4.69) is 4.98 Å². The van der Waals surface area contributed by atoms with Gasteiger partial charge in [0.25, 0.3) is 0 Å². The highest BCUT2D eigenvalue weighted by atomic mass is 19.4. The average molecular weight is 458 g/mol. The molecule has 1 N–H and O–H groups in total. The number of rotatable bonds is 6. The maximum absolute atomic E-state index is 13.6. The summed E-state index contributed by atoms with van der Waals surface area (Å²) in [5.41, 5.74) is 0.880. The van der Waals surface area contributed by atoms with Crippen molar-refractivity contribution < 1.29 is 32.5 Å². The van der Waals surface area contributed by atoms with Gasteiger partial charge in [0.05, 0.1) is 44.5 Å². The molecule has 0 saturated carbocycles. The van der Waals surface area contributed by atoms with Crippen molar-refractivity contribution in [3.8, 4) is 34.4 Å². The lowest BCUT2D eigenvalue weighted by Crippen LogP contribution is -2.12. The second-order valence-electron chi connectivity index (χ2n) is 7.26. The molecule has 0 unspecified atom stereocenters. The molecule has 3 aromatic carbocycles. The maximum Gasteiger partial charge on any atom is 0.416 e. The van der Waals surface area contributed by atoms with Gasteiger partial charge in [-0.05, 0) is 35.9 Å². The molecule has 0 aliphatic heterocycles. The second-order valence-corrected chi connectivity index (χ2v) is 7.26. The molecule has 0 amide bonds. The van der Waals surface area contributed by atoms with Gasteiger partial charge >= 0.3 is 6.18 Å². The van der Waals surface area contributed by atoms with E-state index in [-0.39, 0.29) is 17.9 Å². The van der Waals surface area contributed by atoms with Crippen molar-refractivity contribution in [2.45, 2.75) is 12.7 Å². The fourth-order valence-corrected chi connectivity index (χ4v) is 3.81. The van der Waals surface area contributed by atoms with Gasteiger partial charge in [0, 0.05) is 11.6 Å². The van der Waals surface area contributed by atoms with E-state index >= 15 is 0 Å². The van der Waals surface area contributed by atoms with Crippen LogP contribution in [0.2, 0.25) is 0 Å². The van der Waals surface area contributed by atoms with Crippen LogP contribution in [0.5, 0.6) is 23.0 Å². The van der Waals surface area contributed by atoms with Crippen LogP contribution in [0.25, 0.3) is 22.4 Å². The number of phenolic OH excluding ortho intramolecular Hbond substituents is 1. The Morgan fingerprint density at radius 3 is 2.18 bits per heavy atom. The molecule has 0 radical (unpaired) electrons. The third-order valence-corrected chi connectivity index (χ3v) is 5.31. The van der Waals surface area contributed by atoms with Gasteiger partial charge in [0.1, 0.15) is 11.6 Å². The minimum Gasteiger partial charge on any atom is -0.508 e. The molecule has 4 rings (SSSR count). The van der Waals surface area contributed by atoms with Crippen LogP contribution in [-0.4, -0.2) is 36.0 Å². The molecule has 0 aliphatic rings. The molecule has 0 spiro atoms. The van der Waals surface area contributed by atoms with Crippen molar-refractivity contribution in [1.82, 2.24) is 9.55 Å². The third-order valence-electron chi connectivity index (χ3n) is 5.31. The first kappa shape index (κ1) is 22.3. The fraction of sp³-hybridized carbons (Fsp3) is 0.208. The predicted octanol–water partition coefficient (Wildman–Crippen LogP) is 5.50. The topological polar surface area (TPSA) is 65.7 Å². The Hall–Kier alpha value is -3.88. The molecule has 1 heterocycles. The summed E-state index contributed by atoms with van der Waals surface area (Å²) in [5.74, 6) is 1.50. The number of hydrogen-bond donors (Lipinski definition) is 1. The number of methoxy groups -OCH3 is 3. The number of alkyl halides is 3. The van der Waals surface area contributed by atoms with Gasteiger partial charge in [-0.25, -0.2) is 4.98 Å². The first-order valence-corrected chi connectivity index (χ1v) is 9.91. The number of aromatic hydroxyl groups is 1. The summed E-state index contributed by atoms with van der Waals surface area (Å²) in [7, 11) is 4.43. The Labute approximate surface area is 187 Å². The minimum atomic E-state index is -4.51. The van der Waals surface area contributed by atoms with E-state index in [1.54, 1.807) is 28.8 Å². The zero-order valence-corrected chi connectivity index (χ0v) is 18.1. The first-order chi connectivity index (χ1) is 15.8. The highest BCUT2D eigenvalue weighted by Crippen LogP contribution is 2.42. The average Bonchev–Trinajstić information content (AvgIpc) is 3.15. The van der Waals surface area contributed by atoms with Crippen LogP contribution >= 0.6 is 0 Å². The van der Waals surface area contributed by atoms with Gasteiger partial charge in [-0.2, -0.15) is 13.2 Å². The molecule has 9 heteroatoms. The fourth-order valence-electron chi connectivity index (χ4n) is 3.81. The Bertz CT molecular complexity index is 1290. The predicted molar refractivity (Wildman–Crippen MR) is 117 cm³/mol. The summed E-state index contributed by atoms with van der Waals surface area (Å²) in [6.07, 6.45) is -4.51. The van der Waals surface area contributed by atoms with E-state index in [1.165, 1.54) is 45.6 Å². The second kappa shape index (κ2) is 8.57. The van der Waals surface area contributed by atoms with E-state index < -0.39 is 11.7 Å². The SMILES string of the molecule is COc1cc(-c2nc3ccc(O)cc3n2Cc2ccccc2C(F)(F)F)cc(OC)c1OC. The minimum absolute atomic E-state index is 0.0239. The van der Waals surface area contributed by atoms with Crippen LogP contribution < -0.4 is 14.2 Å². The summed E-state index contributed by atoms with van der Waals surface area (Å²) in [4.78, 5) is 4.64. The number of fused-ring (bicyclic) bond motifs is 1. The number of benzene rings is 3. The van der Waals surface area contributed by atoms with E-state index in [1.807, 2.05) is 0 Å². The lowest BCUT2D eigenvalue weighted by molar-refractivity contribution is -0.138. The van der Waals surface area contributed by atoms with Gasteiger partial charge in [-0.1, -0.05) is 18.2 Å². The summed E-state index contributed by atoms with van der Waals surface area (Å²) >= 11 is 0. The number of imidazole rings is 1. The van der Waals surface area contributed by atoms with Crippen molar-refractivity contribution in [2.75, 3.05) is 21.3 Å². The molecular formula is C24H21F3N2O4. The molecular weight excluding hydrogens is 437 g/mol. The van der Waals surface area contributed by atoms with Crippen LogP contribution in [-0.2, 0) is 12.7 Å². The lowest BCUT2D eigenvalue weighted by atomic mass is 10.1. The zero-order valence-electron chi connectivity index (χ0n) is 18.1. The highest BCUT2D eigenvalue weighted by Gasteiger charge is 2.33. The Kier molecular flexibility index (Phi) is 5.80. The van der Waals surface area contributed by atoms with Gasteiger partial charge in [-0.15, -0.1) is 0 Å². The lowest BCUT2D eigenvalue weighted by Gasteiger charge is -2.17. The van der Waals surface area contributed by atoms with Crippen LogP contribution in [0.1, 0.15) is 11.1 Å². The standard InChI is InChI=1S/C24H21F3N2O4/c1-31-20-10-15(11-21(32-2)22(20)33-3)23-28-18-9-8-16(30)12-19(18)29(23)13-14-6-4-5-7-17(14)24(25,26)27/h4-12,30H,13H2,1-3H3. The number of phenols is 1. The quantitative estimate of drug-likeness (QED) is 0.413. The van der Waals surface area contributed by atoms with Gasteiger partial charge in [0.2, 0.25) is 5.75 Å². The molecule has 0 saturated heterocycles. The van der Waals surface area contributed by atoms with Crippen LogP contribution in [0, 0.1) is 0 Å². The largest absolute Gasteiger partial charge is 0.508 e. The van der Waals surface area contributed by atoms with E-state index in [0.717, 1.165) is 6.07 Å². The van der Waals surface area contributed by atoms with E-state index in [0.29, 0.717) is 39.7 Å². The van der Waals surface area contributed by atoms with Crippen molar-refractivity contribution in [1.29, 1.82) is 0 Å². The smallest absolute Gasteiger partial charge is 0.416 e. The monoisotopic (exact) mass is 458 g/mol. The van der Waals surface area contributed by atoms with Crippen molar-refractivity contribution >= 4 is 11.0 Å². The van der Waals surface area contributed by atoms with E-state index in [9.17, 15) is 18.3 Å². The molecule has 33 heavy (non-hydrogen) atoms. The molecule has 0 aliphatic carbocycles. The molecule has 0 fully saturated rings. The molecule has 172 valence electrons. The van der Waals surface area contributed by atoms with Crippen molar-refractivity contribution in [3.05, 3.63) is 65.7 Å². The summed E-state index contributed by atoms with van der Waals surface area (Å²) < 4.78 is 58.8. The van der Waals surface area contributed by atoms with Crippen molar-refractivity contribution in [3.63, 3.8) is 0 Å². The van der Waals surface area contributed by atoms with Gasteiger partial charge in [-0.3, -0.25) is 0 Å². The van der Waals surface area contributed by atoms with Gasteiger partial charge in [0.15, 0.2) is 11.5 Å². The Balaban J connectivity index is 1.97. The molecule has 0 atom stereocenters. The number of aromatic nitrogens is 2. The molecule has 6 nitrogen and oxygen atoms in total. The van der Waals surface area contributed by atoms with Crippen LogP contribution in [0.15, 0.2) is 54.6 Å². The van der Waals surface area contributed by atoms with Crippen LogP contribution in [0.4, 0.5) is 13.2 Å². The number of halogens is 3. The van der Waals surface area contributed by atoms with Gasteiger partial charge < -0.3 is 23.9 Å². The zero-order chi connectivity index (χ0) is 23.8. The first-order valence-electron chi connectivity index (χ1n) is 9.91. The number of hydrogen-bond acceptors (Lipinski definition) is 5. The summed E-state index contributed by atoms with van der Waals surface area (Å²) in [5, 5.41) is 10.0. The van der Waals surface area contributed by atoms with E-state index in [4.69, 9.17) is 14.2 Å². The summed E-state index contributed by atoms with van der Waals surface area (Å²) in [6, 6.07) is 13.3. The number of nitrogens with zero attached hydrogens (tertiary/aromatic N) is 2. The Morgan fingerprint density at radius 2 is 1.58 bits per heavy atom. The number of ether oxygens (including phenoxy) is 3. The molecule has 1 aromatic heterocycles. The highest BCUT2D eigenvalue weighted by molar-refractivity contribution is 5.83.